The summed E-state index contributed by atoms with van der Waals surface area (Å²) in [5.74, 6) is 0.582. The van der Waals surface area contributed by atoms with Crippen LogP contribution in [0.15, 0.2) is 30.3 Å². The van der Waals surface area contributed by atoms with Crippen molar-refractivity contribution >= 4 is 17.9 Å². The van der Waals surface area contributed by atoms with E-state index in [0.29, 0.717) is 5.92 Å². The summed E-state index contributed by atoms with van der Waals surface area (Å²) in [6.07, 6.45) is 5.80. The first-order chi connectivity index (χ1) is 7.72. The van der Waals surface area contributed by atoms with E-state index in [4.69, 9.17) is 11.8 Å². The number of nitrogens with zero attached hydrogens (tertiary/aromatic N) is 1. The third-order valence-corrected chi connectivity index (χ3v) is 4.45. The van der Waals surface area contributed by atoms with E-state index in [1.165, 1.54) is 11.1 Å². The van der Waals surface area contributed by atoms with Crippen molar-refractivity contribution in [3.63, 3.8) is 0 Å². The second kappa shape index (κ2) is 3.61. The van der Waals surface area contributed by atoms with Crippen LogP contribution in [-0.4, -0.2) is 17.5 Å². The fraction of sp³-hybridized carbons (Fsp3) is 0.429. The lowest BCUT2D eigenvalue weighted by molar-refractivity contribution is 0.203. The molecule has 1 aromatic rings. The minimum atomic E-state index is 0.238. The van der Waals surface area contributed by atoms with Crippen LogP contribution in [0.25, 0.3) is 6.08 Å². The molecule has 3 rings (SSSR count). The molecule has 1 aliphatic heterocycles. The van der Waals surface area contributed by atoms with Crippen molar-refractivity contribution in [2.24, 2.45) is 5.92 Å². The zero-order chi connectivity index (χ0) is 11.2. The van der Waals surface area contributed by atoms with Gasteiger partial charge >= 0.3 is 0 Å². The molecule has 1 spiro atoms. The van der Waals surface area contributed by atoms with Crippen molar-refractivity contribution in [2.45, 2.75) is 18.8 Å². The Morgan fingerprint density at radius 2 is 2.19 bits per heavy atom. The van der Waals surface area contributed by atoms with Gasteiger partial charge < -0.3 is 0 Å². The summed E-state index contributed by atoms with van der Waals surface area (Å²) in [7, 11) is 0. The van der Waals surface area contributed by atoms with E-state index in [2.05, 4.69) is 43.3 Å². The zero-order valence-electron chi connectivity index (χ0n) is 9.49. The molecule has 84 valence electrons. The molecule has 0 aromatic heterocycles. The number of allylic oxidation sites excluding steroid dienone is 1. The van der Waals surface area contributed by atoms with E-state index in [9.17, 15) is 0 Å². The molecule has 1 aliphatic carbocycles. The summed E-state index contributed by atoms with van der Waals surface area (Å²) in [5, 5.41) is 0. The number of benzene rings is 1. The van der Waals surface area contributed by atoms with Crippen molar-refractivity contribution in [3.8, 4) is 0 Å². The van der Waals surface area contributed by atoms with Gasteiger partial charge in [-0.15, -0.1) is 0 Å². The van der Waals surface area contributed by atoms with E-state index < -0.39 is 0 Å². The number of fused-ring (bicyclic) bond motifs is 2. The number of rotatable bonds is 0. The van der Waals surface area contributed by atoms with Gasteiger partial charge in [0.25, 0.3) is 0 Å². The molecule has 0 amide bonds. The third kappa shape index (κ3) is 1.35. The summed E-state index contributed by atoms with van der Waals surface area (Å²) in [4.78, 5) is 0. The Balaban J connectivity index is 2.05. The average molecular weight is 234 g/mol. The van der Waals surface area contributed by atoms with Crippen LogP contribution in [0, 0.1) is 5.92 Å². The average Bonchev–Trinajstić information content (AvgIpc) is 2.65. The van der Waals surface area contributed by atoms with Gasteiger partial charge in [-0.1, -0.05) is 43.3 Å². The molecular formula is C14H16ClN. The van der Waals surface area contributed by atoms with Crippen LogP contribution in [-0.2, 0) is 5.41 Å². The Labute approximate surface area is 102 Å². The number of halogens is 1. The van der Waals surface area contributed by atoms with Gasteiger partial charge in [-0.25, -0.2) is 4.42 Å². The summed E-state index contributed by atoms with van der Waals surface area (Å²) in [5.41, 5.74) is 3.12. The highest BCUT2D eigenvalue weighted by atomic mass is 35.5. The Morgan fingerprint density at radius 1 is 1.38 bits per heavy atom. The van der Waals surface area contributed by atoms with Gasteiger partial charge in [0.2, 0.25) is 0 Å². The van der Waals surface area contributed by atoms with Crippen LogP contribution in [0.3, 0.4) is 0 Å². The first kappa shape index (κ1) is 10.4. The Kier molecular flexibility index (Phi) is 2.34. The molecule has 2 heteroatoms. The molecule has 0 radical (unpaired) electrons. The summed E-state index contributed by atoms with van der Waals surface area (Å²) < 4.78 is 1.92. The summed E-state index contributed by atoms with van der Waals surface area (Å²) >= 11 is 6.11. The van der Waals surface area contributed by atoms with E-state index in [0.717, 1.165) is 19.5 Å². The second-order valence-electron chi connectivity index (χ2n) is 4.98. The molecule has 1 fully saturated rings. The maximum atomic E-state index is 6.11. The summed E-state index contributed by atoms with van der Waals surface area (Å²) in [6.45, 7) is 4.26. The number of hydrogen-bond acceptors (Lipinski definition) is 1. The van der Waals surface area contributed by atoms with Gasteiger partial charge in [-0.05, 0) is 35.2 Å². The van der Waals surface area contributed by atoms with Crippen LogP contribution in [0.1, 0.15) is 24.5 Å². The fourth-order valence-corrected chi connectivity index (χ4v) is 3.44. The van der Waals surface area contributed by atoms with Crippen LogP contribution in [0.4, 0.5) is 0 Å². The third-order valence-electron chi connectivity index (χ3n) is 4.14. The van der Waals surface area contributed by atoms with E-state index in [1.807, 2.05) is 4.42 Å². The van der Waals surface area contributed by atoms with Crippen molar-refractivity contribution < 1.29 is 0 Å². The molecule has 0 saturated carbocycles. The van der Waals surface area contributed by atoms with E-state index >= 15 is 0 Å². The molecule has 2 aliphatic rings. The van der Waals surface area contributed by atoms with Gasteiger partial charge in [0, 0.05) is 18.5 Å². The Morgan fingerprint density at radius 3 is 3.00 bits per heavy atom. The Bertz CT molecular complexity index is 440. The van der Waals surface area contributed by atoms with Crippen molar-refractivity contribution in [2.75, 3.05) is 13.1 Å². The Hall–Kier alpha value is -0.790. The number of hydrogen-bond donors (Lipinski definition) is 0. The van der Waals surface area contributed by atoms with Crippen molar-refractivity contribution in [3.05, 3.63) is 41.5 Å². The monoisotopic (exact) mass is 233 g/mol. The molecule has 16 heavy (non-hydrogen) atoms. The van der Waals surface area contributed by atoms with Gasteiger partial charge in [0.15, 0.2) is 0 Å². The predicted molar refractivity (Wildman–Crippen MR) is 68.4 cm³/mol. The SMILES string of the molecule is C[C@@H]1CN(Cl)CC[C@]12C=Cc1ccccc12. The largest absolute Gasteiger partial charge is 0.220 e. The van der Waals surface area contributed by atoms with E-state index in [-0.39, 0.29) is 5.41 Å². The molecule has 0 unspecified atom stereocenters. The first-order valence-electron chi connectivity index (χ1n) is 5.92. The first-order valence-corrected chi connectivity index (χ1v) is 6.26. The predicted octanol–water partition coefficient (Wildman–Crippen LogP) is 3.45. The minimum absolute atomic E-state index is 0.238. The smallest absolute Gasteiger partial charge is 0.0192 e. The van der Waals surface area contributed by atoms with Crippen LogP contribution < -0.4 is 0 Å². The standard InChI is InChI=1S/C14H16ClN/c1-11-10-16(15)9-8-14(11)7-6-12-4-2-3-5-13(12)14/h2-7,11H,8-10H2,1H3/t11-,14-/m1/s1. The minimum Gasteiger partial charge on any atom is -0.220 e. The lowest BCUT2D eigenvalue weighted by Gasteiger charge is -2.42. The van der Waals surface area contributed by atoms with Crippen LogP contribution >= 0.6 is 11.8 Å². The molecule has 0 N–H and O–H groups in total. The van der Waals surface area contributed by atoms with Gasteiger partial charge in [0.05, 0.1) is 0 Å². The van der Waals surface area contributed by atoms with Gasteiger partial charge in [-0.2, -0.15) is 0 Å². The normalized spacial score (nSPS) is 33.2. The molecule has 1 nitrogen and oxygen atoms in total. The fourth-order valence-electron chi connectivity index (χ4n) is 3.15. The molecule has 1 heterocycles. The highest BCUT2D eigenvalue weighted by molar-refractivity contribution is 6.13. The molecular weight excluding hydrogens is 218 g/mol. The maximum absolute atomic E-state index is 6.11. The van der Waals surface area contributed by atoms with Crippen molar-refractivity contribution in [1.29, 1.82) is 0 Å². The molecule has 1 aromatic carbocycles. The lowest BCUT2D eigenvalue weighted by Crippen LogP contribution is -2.43. The van der Waals surface area contributed by atoms with Crippen LogP contribution in [0.2, 0.25) is 0 Å². The zero-order valence-corrected chi connectivity index (χ0v) is 10.2. The highest BCUT2D eigenvalue weighted by Gasteiger charge is 2.42. The van der Waals surface area contributed by atoms with Gasteiger partial charge in [0.1, 0.15) is 0 Å². The highest BCUT2D eigenvalue weighted by Crippen LogP contribution is 2.46. The second-order valence-corrected chi connectivity index (χ2v) is 5.46. The molecule has 1 saturated heterocycles. The van der Waals surface area contributed by atoms with Gasteiger partial charge in [-0.3, -0.25) is 0 Å². The van der Waals surface area contributed by atoms with E-state index in [1.54, 1.807) is 0 Å². The summed E-state index contributed by atoms with van der Waals surface area (Å²) in [6, 6.07) is 8.74. The maximum Gasteiger partial charge on any atom is 0.0192 e. The van der Waals surface area contributed by atoms with Crippen LogP contribution in [0.5, 0.6) is 0 Å². The number of piperidine rings is 1. The topological polar surface area (TPSA) is 3.24 Å². The quantitative estimate of drug-likeness (QED) is 0.621. The molecule has 2 atom stereocenters. The van der Waals surface area contributed by atoms with Crippen molar-refractivity contribution in [1.82, 2.24) is 4.42 Å². The molecule has 0 bridgehead atoms. The lowest BCUT2D eigenvalue weighted by atomic mass is 9.68.